The van der Waals surface area contributed by atoms with E-state index in [-0.39, 0.29) is 0 Å². The normalized spacial score (nSPS) is 15.8. The minimum absolute atomic E-state index is 1.06. The molecular weight excluding hydrogens is 257 g/mol. The Balaban J connectivity index is 0.000000293. The number of rotatable bonds is 1. The van der Waals surface area contributed by atoms with Crippen molar-refractivity contribution in [1.82, 2.24) is 4.57 Å². The SMILES string of the molecule is CCn1cc[n+](C)c1C.F[P-](F)(F)(F)(F)F. The number of hydrogen-bond donors (Lipinski definition) is 0. The van der Waals surface area contributed by atoms with E-state index in [9.17, 15) is 25.2 Å². The van der Waals surface area contributed by atoms with Crippen molar-refractivity contribution < 1.29 is 29.7 Å². The minimum atomic E-state index is -10.7. The van der Waals surface area contributed by atoms with E-state index >= 15 is 0 Å². The van der Waals surface area contributed by atoms with Gasteiger partial charge in [0.2, 0.25) is 0 Å². The topological polar surface area (TPSA) is 8.81 Å². The molecule has 0 aliphatic carbocycles. The van der Waals surface area contributed by atoms with Crippen LogP contribution >= 0.6 is 7.81 Å². The van der Waals surface area contributed by atoms with Gasteiger partial charge in [-0.2, -0.15) is 0 Å². The van der Waals surface area contributed by atoms with Crippen LogP contribution < -0.4 is 4.57 Å². The zero-order valence-corrected chi connectivity index (χ0v) is 9.87. The van der Waals surface area contributed by atoms with Gasteiger partial charge in [-0.05, 0) is 6.92 Å². The van der Waals surface area contributed by atoms with Crippen LogP contribution in [0.4, 0.5) is 25.2 Å². The summed E-state index contributed by atoms with van der Waals surface area (Å²) in [7, 11) is -8.60. The molecule has 16 heavy (non-hydrogen) atoms. The van der Waals surface area contributed by atoms with E-state index in [0.717, 1.165) is 6.54 Å². The average molecular weight is 270 g/mol. The molecule has 0 amide bonds. The molecule has 0 bridgehead atoms. The fourth-order valence-electron chi connectivity index (χ4n) is 0.933. The number of hydrogen-bond acceptors (Lipinski definition) is 0. The van der Waals surface area contributed by atoms with Gasteiger partial charge in [0.1, 0.15) is 12.4 Å². The van der Waals surface area contributed by atoms with Crippen molar-refractivity contribution in [3.8, 4) is 0 Å². The standard InChI is InChI=1S/C7H13N2.F6P/c1-4-9-6-5-8(3)7(9)2;1-7(2,3,4,5)6/h5-6H,4H2,1-3H3;/q+1;-1. The van der Waals surface area contributed by atoms with Crippen LogP contribution in [0.15, 0.2) is 12.4 Å². The zero-order chi connectivity index (χ0) is 13.3. The maximum atomic E-state index is 9.87. The van der Waals surface area contributed by atoms with E-state index in [0.29, 0.717) is 0 Å². The summed E-state index contributed by atoms with van der Waals surface area (Å²) in [5.74, 6) is 1.30. The van der Waals surface area contributed by atoms with Crippen LogP contribution in [0, 0.1) is 6.92 Å². The molecule has 0 unspecified atom stereocenters. The summed E-state index contributed by atoms with van der Waals surface area (Å²) >= 11 is 0. The number of imidazole rings is 1. The van der Waals surface area contributed by atoms with Crippen LogP contribution in [-0.2, 0) is 13.6 Å². The first kappa shape index (κ1) is 15.2. The predicted molar refractivity (Wildman–Crippen MR) is 49.6 cm³/mol. The number of halogens is 6. The van der Waals surface area contributed by atoms with E-state index in [1.807, 2.05) is 0 Å². The van der Waals surface area contributed by atoms with Crippen molar-refractivity contribution >= 4 is 7.81 Å². The van der Waals surface area contributed by atoms with Gasteiger partial charge in [0.25, 0.3) is 5.82 Å². The molecular formula is C7H13F6N2P. The van der Waals surface area contributed by atoms with E-state index < -0.39 is 7.81 Å². The second-order valence-corrected chi connectivity index (χ2v) is 5.12. The van der Waals surface area contributed by atoms with Gasteiger partial charge in [0, 0.05) is 6.92 Å². The van der Waals surface area contributed by atoms with Gasteiger partial charge in [0.05, 0.1) is 13.6 Å². The third-order valence-electron chi connectivity index (χ3n) is 1.74. The van der Waals surface area contributed by atoms with Gasteiger partial charge in [-0.3, -0.25) is 0 Å². The molecule has 0 aliphatic rings. The first-order chi connectivity index (χ1) is 6.70. The van der Waals surface area contributed by atoms with E-state index in [2.05, 4.69) is 42.4 Å². The first-order valence-corrected chi connectivity index (χ1v) is 6.31. The predicted octanol–water partition coefficient (Wildman–Crippen LogP) is 4.02. The van der Waals surface area contributed by atoms with Gasteiger partial charge in [-0.15, -0.1) is 0 Å². The summed E-state index contributed by atoms with van der Waals surface area (Å²) < 4.78 is 63.5. The Morgan fingerprint density at radius 3 is 1.69 bits per heavy atom. The molecule has 0 aliphatic heterocycles. The molecule has 9 heteroatoms. The van der Waals surface area contributed by atoms with Crippen molar-refractivity contribution in [3.63, 3.8) is 0 Å². The van der Waals surface area contributed by atoms with Gasteiger partial charge in [-0.1, -0.05) is 0 Å². The Kier molecular flexibility index (Phi) is 3.44. The van der Waals surface area contributed by atoms with E-state index in [1.165, 1.54) is 5.82 Å². The van der Waals surface area contributed by atoms with Gasteiger partial charge in [0.15, 0.2) is 0 Å². The second-order valence-electron chi connectivity index (χ2n) is 3.20. The molecule has 0 saturated heterocycles. The summed E-state index contributed by atoms with van der Waals surface area (Å²) in [6, 6.07) is 0. The molecule has 1 aromatic heterocycles. The fourth-order valence-corrected chi connectivity index (χ4v) is 0.933. The van der Waals surface area contributed by atoms with Gasteiger partial charge in [-0.25, -0.2) is 9.13 Å². The Hall–Kier alpha value is -0.780. The molecule has 0 radical (unpaired) electrons. The molecule has 0 aromatic carbocycles. The van der Waals surface area contributed by atoms with Crippen molar-refractivity contribution in [1.29, 1.82) is 0 Å². The molecule has 0 N–H and O–H groups in total. The molecule has 1 rings (SSSR count). The molecule has 0 spiro atoms. The van der Waals surface area contributed by atoms with Crippen LogP contribution in [0.3, 0.4) is 0 Å². The van der Waals surface area contributed by atoms with Crippen molar-refractivity contribution in [2.45, 2.75) is 20.4 Å². The molecule has 0 saturated carbocycles. The number of aromatic nitrogens is 2. The molecule has 0 atom stereocenters. The Morgan fingerprint density at radius 2 is 1.56 bits per heavy atom. The molecule has 98 valence electrons. The number of nitrogens with zero attached hydrogens (tertiary/aromatic N) is 2. The van der Waals surface area contributed by atoms with Crippen LogP contribution in [0.1, 0.15) is 12.7 Å². The van der Waals surface area contributed by atoms with Crippen LogP contribution in [-0.4, -0.2) is 4.57 Å². The average Bonchev–Trinajstić information content (AvgIpc) is 2.26. The van der Waals surface area contributed by atoms with Crippen molar-refractivity contribution in [2.24, 2.45) is 7.05 Å². The monoisotopic (exact) mass is 270 g/mol. The molecule has 2 nitrogen and oxygen atoms in total. The van der Waals surface area contributed by atoms with Crippen molar-refractivity contribution in [3.05, 3.63) is 18.2 Å². The van der Waals surface area contributed by atoms with Crippen LogP contribution in [0.25, 0.3) is 0 Å². The summed E-state index contributed by atoms with van der Waals surface area (Å²) in [5.41, 5.74) is 0. The quantitative estimate of drug-likeness (QED) is 0.414. The Labute approximate surface area is 88.7 Å². The van der Waals surface area contributed by atoms with Crippen LogP contribution in [0.5, 0.6) is 0 Å². The Morgan fingerprint density at radius 1 is 1.19 bits per heavy atom. The maximum absolute atomic E-state index is 10.7. The summed E-state index contributed by atoms with van der Waals surface area (Å²) in [5, 5.41) is 0. The second kappa shape index (κ2) is 3.61. The van der Waals surface area contributed by atoms with Crippen molar-refractivity contribution in [2.75, 3.05) is 0 Å². The Bertz CT molecular complexity index is 353. The summed E-state index contributed by atoms with van der Waals surface area (Å²) in [6.45, 7) is 5.32. The molecule has 1 heterocycles. The van der Waals surface area contributed by atoms with E-state index in [1.54, 1.807) is 0 Å². The van der Waals surface area contributed by atoms with E-state index in [4.69, 9.17) is 0 Å². The molecule has 1 aromatic rings. The fraction of sp³-hybridized carbons (Fsp3) is 0.571. The number of aryl methyl sites for hydroxylation is 2. The summed E-state index contributed by atoms with van der Waals surface area (Å²) in [6.07, 6.45) is 4.16. The van der Waals surface area contributed by atoms with Gasteiger partial charge < -0.3 is 0 Å². The third kappa shape index (κ3) is 9.76. The third-order valence-corrected chi connectivity index (χ3v) is 1.74. The van der Waals surface area contributed by atoms with Crippen LogP contribution in [0.2, 0.25) is 0 Å². The zero-order valence-electron chi connectivity index (χ0n) is 8.97. The van der Waals surface area contributed by atoms with Gasteiger partial charge >= 0.3 is 33.0 Å². The first-order valence-electron chi connectivity index (χ1n) is 4.28. The summed E-state index contributed by atoms with van der Waals surface area (Å²) in [4.78, 5) is 0. The molecule has 0 fully saturated rings.